The lowest BCUT2D eigenvalue weighted by Crippen LogP contribution is -2.41. The first-order chi connectivity index (χ1) is 9.29. The molecule has 0 aromatic carbocycles. The fraction of sp³-hybridized carbons (Fsp3) is 0.714. The van der Waals surface area contributed by atoms with Crippen LogP contribution in [0.25, 0.3) is 0 Å². The highest BCUT2D eigenvalue weighted by atomic mass is 16.2. The zero-order valence-corrected chi connectivity index (χ0v) is 13.1. The van der Waals surface area contributed by atoms with E-state index in [1.165, 1.54) is 11.6 Å². The number of anilines is 2. The van der Waals surface area contributed by atoms with Gasteiger partial charge in [0.25, 0.3) is 5.56 Å². The number of rotatable bonds is 6. The average molecular weight is 282 g/mol. The van der Waals surface area contributed by atoms with Gasteiger partial charge in [-0.25, -0.2) is 4.79 Å². The maximum absolute atomic E-state index is 12.2. The van der Waals surface area contributed by atoms with Crippen LogP contribution in [0.4, 0.5) is 11.5 Å². The molecule has 0 radical (unpaired) electrons. The molecule has 1 aromatic rings. The Balaban J connectivity index is 3.27. The summed E-state index contributed by atoms with van der Waals surface area (Å²) in [6.45, 7) is 9.35. The van der Waals surface area contributed by atoms with Gasteiger partial charge in [-0.15, -0.1) is 0 Å². The van der Waals surface area contributed by atoms with Crippen LogP contribution >= 0.6 is 0 Å². The second-order valence-electron chi connectivity index (χ2n) is 5.81. The van der Waals surface area contributed by atoms with E-state index in [1.807, 2.05) is 13.8 Å². The first-order valence-electron chi connectivity index (χ1n) is 7.12. The van der Waals surface area contributed by atoms with Crippen molar-refractivity contribution >= 4 is 11.5 Å². The molecule has 6 heteroatoms. The van der Waals surface area contributed by atoms with Crippen molar-refractivity contribution in [2.45, 2.75) is 40.7 Å². The maximum Gasteiger partial charge on any atom is 0.332 e. The summed E-state index contributed by atoms with van der Waals surface area (Å²) in [5, 5.41) is 3.10. The summed E-state index contributed by atoms with van der Waals surface area (Å²) in [6, 6.07) is 0. The van der Waals surface area contributed by atoms with Crippen LogP contribution in [-0.4, -0.2) is 15.7 Å². The molecule has 6 nitrogen and oxygen atoms in total. The monoisotopic (exact) mass is 282 g/mol. The van der Waals surface area contributed by atoms with Crippen molar-refractivity contribution in [3.05, 3.63) is 20.8 Å². The number of aromatic nitrogens is 2. The van der Waals surface area contributed by atoms with E-state index >= 15 is 0 Å². The molecule has 1 heterocycles. The van der Waals surface area contributed by atoms with Crippen LogP contribution in [0.1, 0.15) is 34.1 Å². The zero-order valence-electron chi connectivity index (χ0n) is 13.1. The highest BCUT2D eigenvalue weighted by Gasteiger charge is 2.16. The van der Waals surface area contributed by atoms with Crippen LogP contribution in [0.3, 0.4) is 0 Å². The Bertz CT molecular complexity index is 572. The second-order valence-corrected chi connectivity index (χ2v) is 5.81. The summed E-state index contributed by atoms with van der Waals surface area (Å²) >= 11 is 0. The standard InChI is InChI=1S/C14H26N4O2/c1-6-10(4)7-16-11-12(15)18(8-9(2)3)14(20)17(5)13(11)19/h9-10,16H,6-8,15H2,1-5H3. The van der Waals surface area contributed by atoms with Crippen LogP contribution < -0.4 is 22.3 Å². The number of nitrogens with one attached hydrogen (secondary N) is 1. The van der Waals surface area contributed by atoms with Gasteiger partial charge in [0.2, 0.25) is 0 Å². The summed E-state index contributed by atoms with van der Waals surface area (Å²) in [5.41, 5.74) is 5.61. The van der Waals surface area contributed by atoms with Crippen molar-refractivity contribution in [1.29, 1.82) is 0 Å². The van der Waals surface area contributed by atoms with Gasteiger partial charge >= 0.3 is 5.69 Å². The predicted octanol–water partition coefficient (Wildman–Crippen LogP) is 1.24. The number of nitrogens with two attached hydrogens (primary N) is 1. The molecule has 114 valence electrons. The predicted molar refractivity (Wildman–Crippen MR) is 83.1 cm³/mol. The third-order valence-electron chi connectivity index (χ3n) is 3.46. The molecule has 0 aliphatic rings. The van der Waals surface area contributed by atoms with Crippen molar-refractivity contribution in [3.8, 4) is 0 Å². The third kappa shape index (κ3) is 3.43. The van der Waals surface area contributed by atoms with Crippen LogP contribution in [0.2, 0.25) is 0 Å². The van der Waals surface area contributed by atoms with Gasteiger partial charge in [-0.2, -0.15) is 0 Å². The Morgan fingerprint density at radius 2 is 1.85 bits per heavy atom. The Hall–Kier alpha value is -1.72. The third-order valence-corrected chi connectivity index (χ3v) is 3.46. The number of hydrogen-bond acceptors (Lipinski definition) is 4. The van der Waals surface area contributed by atoms with E-state index in [0.717, 1.165) is 11.0 Å². The first-order valence-corrected chi connectivity index (χ1v) is 7.12. The average Bonchev–Trinajstić information content (AvgIpc) is 2.40. The molecule has 0 saturated carbocycles. The SMILES string of the molecule is CCC(C)CNc1c(N)n(CC(C)C)c(=O)n(C)c1=O. The summed E-state index contributed by atoms with van der Waals surface area (Å²) in [7, 11) is 1.48. The largest absolute Gasteiger partial charge is 0.383 e. The fourth-order valence-corrected chi connectivity index (χ4v) is 1.91. The molecule has 0 bridgehead atoms. The van der Waals surface area contributed by atoms with Gasteiger partial charge in [0.1, 0.15) is 11.5 Å². The molecular formula is C14H26N4O2. The van der Waals surface area contributed by atoms with Gasteiger partial charge in [0.05, 0.1) is 0 Å². The molecule has 1 unspecified atom stereocenters. The smallest absolute Gasteiger partial charge is 0.332 e. The topological polar surface area (TPSA) is 82.0 Å². The summed E-state index contributed by atoms with van der Waals surface area (Å²) in [6.07, 6.45) is 1.01. The fourth-order valence-electron chi connectivity index (χ4n) is 1.91. The Labute approximate surface area is 119 Å². The van der Waals surface area contributed by atoms with E-state index in [0.29, 0.717) is 24.7 Å². The minimum absolute atomic E-state index is 0.232. The highest BCUT2D eigenvalue weighted by Crippen LogP contribution is 2.13. The molecule has 1 rings (SSSR count). The normalized spacial score (nSPS) is 12.7. The highest BCUT2D eigenvalue weighted by molar-refractivity contribution is 5.60. The Kier molecular flexibility index (Phi) is 5.42. The molecule has 1 aromatic heterocycles. The van der Waals surface area contributed by atoms with Crippen LogP contribution in [0, 0.1) is 11.8 Å². The number of hydrogen-bond donors (Lipinski definition) is 2. The molecule has 0 aliphatic heterocycles. The summed E-state index contributed by atoms with van der Waals surface area (Å²) in [4.78, 5) is 24.3. The van der Waals surface area contributed by atoms with E-state index in [2.05, 4.69) is 19.2 Å². The van der Waals surface area contributed by atoms with E-state index < -0.39 is 0 Å². The molecule has 0 amide bonds. The first kappa shape index (κ1) is 16.3. The van der Waals surface area contributed by atoms with Gasteiger partial charge in [0.15, 0.2) is 0 Å². The molecule has 1 atom stereocenters. The van der Waals surface area contributed by atoms with Crippen molar-refractivity contribution in [3.63, 3.8) is 0 Å². The Morgan fingerprint density at radius 1 is 1.25 bits per heavy atom. The molecule has 0 aliphatic carbocycles. The van der Waals surface area contributed by atoms with Crippen molar-refractivity contribution < 1.29 is 0 Å². The molecular weight excluding hydrogens is 256 g/mol. The van der Waals surface area contributed by atoms with E-state index in [9.17, 15) is 9.59 Å². The van der Waals surface area contributed by atoms with E-state index in [1.54, 1.807) is 0 Å². The zero-order chi connectivity index (χ0) is 15.4. The maximum atomic E-state index is 12.2. The quantitative estimate of drug-likeness (QED) is 0.822. The van der Waals surface area contributed by atoms with Gasteiger partial charge in [-0.3, -0.25) is 13.9 Å². The lowest BCUT2D eigenvalue weighted by atomic mass is 10.1. The van der Waals surface area contributed by atoms with Crippen LogP contribution in [0.5, 0.6) is 0 Å². The van der Waals surface area contributed by atoms with Crippen molar-refractivity contribution in [2.75, 3.05) is 17.6 Å². The van der Waals surface area contributed by atoms with Gasteiger partial charge in [-0.1, -0.05) is 34.1 Å². The minimum Gasteiger partial charge on any atom is -0.383 e. The second kappa shape index (κ2) is 6.63. The molecule has 3 N–H and O–H groups in total. The van der Waals surface area contributed by atoms with Crippen LogP contribution in [-0.2, 0) is 13.6 Å². The minimum atomic E-state index is -0.365. The summed E-state index contributed by atoms with van der Waals surface area (Å²) in [5.74, 6) is 0.939. The van der Waals surface area contributed by atoms with Crippen molar-refractivity contribution in [2.24, 2.45) is 18.9 Å². The number of nitrogens with zero attached hydrogens (tertiary/aromatic N) is 2. The lowest BCUT2D eigenvalue weighted by molar-refractivity contribution is 0.493. The van der Waals surface area contributed by atoms with Gasteiger partial charge < -0.3 is 11.1 Å². The Morgan fingerprint density at radius 3 is 2.35 bits per heavy atom. The van der Waals surface area contributed by atoms with E-state index in [-0.39, 0.29) is 23.0 Å². The van der Waals surface area contributed by atoms with Gasteiger partial charge in [-0.05, 0) is 11.8 Å². The molecule has 0 fully saturated rings. The molecule has 20 heavy (non-hydrogen) atoms. The molecule has 0 spiro atoms. The van der Waals surface area contributed by atoms with E-state index in [4.69, 9.17) is 5.73 Å². The number of nitrogen functional groups attached to an aromatic ring is 1. The van der Waals surface area contributed by atoms with Crippen molar-refractivity contribution in [1.82, 2.24) is 9.13 Å². The van der Waals surface area contributed by atoms with Crippen LogP contribution in [0.15, 0.2) is 9.59 Å². The molecule has 0 saturated heterocycles. The van der Waals surface area contributed by atoms with Gasteiger partial charge in [0, 0.05) is 20.1 Å². The summed E-state index contributed by atoms with van der Waals surface area (Å²) < 4.78 is 2.57. The lowest BCUT2D eigenvalue weighted by Gasteiger charge is -2.18.